The second-order valence-electron chi connectivity index (χ2n) is 9.52. The van der Waals surface area contributed by atoms with Gasteiger partial charge in [-0.2, -0.15) is 0 Å². The fourth-order valence-corrected chi connectivity index (χ4v) is 4.50. The van der Waals surface area contributed by atoms with Crippen LogP contribution in [-0.2, 0) is 42.9 Å². The van der Waals surface area contributed by atoms with Gasteiger partial charge in [-0.25, -0.2) is 0 Å². The molecule has 3 aromatic rings. The summed E-state index contributed by atoms with van der Waals surface area (Å²) in [4.78, 5) is 60.4. The van der Waals surface area contributed by atoms with Crippen LogP contribution in [0.25, 0.3) is 22.3 Å². The summed E-state index contributed by atoms with van der Waals surface area (Å²) in [6, 6.07) is 9.40. The molecule has 3 unspecified atom stereocenters. The van der Waals surface area contributed by atoms with E-state index < -0.39 is 72.4 Å². The molecule has 1 aromatic heterocycles. The normalized spacial score (nSPS) is 21.4. The van der Waals surface area contributed by atoms with E-state index in [0.717, 1.165) is 33.8 Å². The van der Waals surface area contributed by atoms with Crippen molar-refractivity contribution in [3.63, 3.8) is 0 Å². The number of hydrogen-bond donors (Lipinski definition) is 2. The predicted octanol–water partition coefficient (Wildman–Crippen LogP) is 2.33. The summed E-state index contributed by atoms with van der Waals surface area (Å²) in [6.45, 7) is 3.92. The van der Waals surface area contributed by atoms with Crippen LogP contribution >= 0.6 is 0 Å². The Labute approximate surface area is 243 Å². The Morgan fingerprint density at radius 1 is 0.791 bits per heavy atom. The maximum absolute atomic E-state index is 12.9. The summed E-state index contributed by atoms with van der Waals surface area (Å²) in [5.74, 6) is -3.64. The number of benzene rings is 2. The van der Waals surface area contributed by atoms with Gasteiger partial charge in [0.15, 0.2) is 17.6 Å². The first-order valence-electron chi connectivity index (χ1n) is 12.9. The fourth-order valence-electron chi connectivity index (χ4n) is 4.50. The van der Waals surface area contributed by atoms with Crippen LogP contribution in [0.1, 0.15) is 27.7 Å². The molecular weight excluding hydrogens is 572 g/mol. The SMILES string of the molecule is CC(=O)OCC1O[C@@H](Oc2cc(O)c3c(=O)cc(-c4ccc(O)cc4)oc3c2)C(OC(C)=O)C(OC(C)=O)[C@@H]1OC(C)=O. The topological polar surface area (TPSA) is 194 Å². The van der Waals surface area contributed by atoms with Gasteiger partial charge in [0.05, 0.1) is 0 Å². The standard InChI is InChI=1S/C29H28O14/c1-13(30)37-12-24-26(38-14(2)31)27(39-15(3)32)28(40-16(4)33)29(43-24)41-19-9-20(35)25-21(36)11-22(42-23(25)10-19)17-5-7-18(34)8-6-17/h5-11,24,26-29,34-35H,12H2,1-4H3/t24?,26-,27?,28?,29-/m1/s1. The van der Waals surface area contributed by atoms with Crippen molar-refractivity contribution in [1.82, 2.24) is 0 Å². The van der Waals surface area contributed by atoms with Crippen LogP contribution < -0.4 is 10.2 Å². The number of fused-ring (bicyclic) bond motifs is 1. The summed E-state index contributed by atoms with van der Waals surface area (Å²) < 4.78 is 38.8. The monoisotopic (exact) mass is 600 g/mol. The van der Waals surface area contributed by atoms with Gasteiger partial charge in [-0.1, -0.05) is 0 Å². The minimum Gasteiger partial charge on any atom is -0.508 e. The lowest BCUT2D eigenvalue weighted by Gasteiger charge is -2.43. The molecule has 2 heterocycles. The summed E-state index contributed by atoms with van der Waals surface area (Å²) in [7, 11) is 0. The molecule has 1 saturated heterocycles. The van der Waals surface area contributed by atoms with E-state index in [4.69, 9.17) is 32.8 Å². The number of hydrogen-bond acceptors (Lipinski definition) is 14. The first-order valence-corrected chi connectivity index (χ1v) is 12.9. The zero-order valence-electron chi connectivity index (χ0n) is 23.4. The highest BCUT2D eigenvalue weighted by Gasteiger charge is 2.53. The third kappa shape index (κ3) is 7.40. The number of aromatic hydroxyl groups is 2. The van der Waals surface area contributed by atoms with Crippen LogP contribution in [0.3, 0.4) is 0 Å². The smallest absolute Gasteiger partial charge is 0.303 e. The number of carbonyl (C=O) groups excluding carboxylic acids is 4. The van der Waals surface area contributed by atoms with E-state index in [-0.39, 0.29) is 28.2 Å². The first-order chi connectivity index (χ1) is 20.3. The van der Waals surface area contributed by atoms with E-state index in [0.29, 0.717) is 5.56 Å². The van der Waals surface area contributed by atoms with Gasteiger partial charge >= 0.3 is 23.9 Å². The first kappa shape index (κ1) is 30.8. The quantitative estimate of drug-likeness (QED) is 0.282. The van der Waals surface area contributed by atoms with E-state index >= 15 is 0 Å². The number of esters is 4. The maximum atomic E-state index is 12.9. The number of ether oxygens (including phenoxy) is 6. The van der Waals surface area contributed by atoms with Crippen molar-refractivity contribution in [3.8, 4) is 28.6 Å². The summed E-state index contributed by atoms with van der Waals surface area (Å²) in [6.07, 6.45) is -7.22. The third-order valence-corrected chi connectivity index (χ3v) is 6.14. The number of carbonyl (C=O) groups is 4. The van der Waals surface area contributed by atoms with Gasteiger partial charge in [-0.3, -0.25) is 24.0 Å². The second-order valence-corrected chi connectivity index (χ2v) is 9.52. The van der Waals surface area contributed by atoms with Crippen molar-refractivity contribution >= 4 is 34.8 Å². The number of rotatable bonds is 8. The van der Waals surface area contributed by atoms with Gasteiger partial charge in [0, 0.05) is 51.5 Å². The van der Waals surface area contributed by atoms with E-state index in [1.807, 2.05) is 0 Å². The molecule has 14 heteroatoms. The molecular formula is C29H28O14. The van der Waals surface area contributed by atoms with Gasteiger partial charge in [-0.05, 0) is 24.3 Å². The molecule has 0 bridgehead atoms. The molecule has 14 nitrogen and oxygen atoms in total. The maximum Gasteiger partial charge on any atom is 0.303 e. The number of phenols is 2. The highest BCUT2D eigenvalue weighted by Crippen LogP contribution is 2.35. The minimum atomic E-state index is -1.58. The van der Waals surface area contributed by atoms with Crippen LogP contribution in [0.5, 0.6) is 17.2 Å². The summed E-state index contributed by atoms with van der Waals surface area (Å²) in [5, 5.41) is 20.1. The zero-order chi connectivity index (χ0) is 31.4. The molecule has 1 aliphatic rings. The van der Waals surface area contributed by atoms with E-state index in [9.17, 15) is 34.2 Å². The molecule has 228 valence electrons. The molecule has 5 atom stereocenters. The van der Waals surface area contributed by atoms with E-state index in [1.54, 1.807) is 0 Å². The number of phenolic OH excluding ortho intramolecular Hbond substituents is 2. The molecule has 1 aliphatic heterocycles. The molecule has 43 heavy (non-hydrogen) atoms. The average molecular weight is 601 g/mol. The van der Waals surface area contributed by atoms with Crippen molar-refractivity contribution in [2.24, 2.45) is 0 Å². The third-order valence-electron chi connectivity index (χ3n) is 6.14. The highest BCUT2D eigenvalue weighted by atomic mass is 16.7. The van der Waals surface area contributed by atoms with Gasteiger partial charge in [0.2, 0.25) is 12.4 Å². The Balaban J connectivity index is 1.77. The van der Waals surface area contributed by atoms with Crippen molar-refractivity contribution in [2.45, 2.75) is 58.4 Å². The van der Waals surface area contributed by atoms with Crippen LogP contribution in [-0.4, -0.2) is 71.4 Å². The fraction of sp³-hybridized carbons (Fsp3) is 0.345. The summed E-state index contributed by atoms with van der Waals surface area (Å²) in [5.41, 5.74) is -0.195. The van der Waals surface area contributed by atoms with Crippen LogP contribution in [0.15, 0.2) is 51.7 Å². The van der Waals surface area contributed by atoms with E-state index in [2.05, 4.69) is 0 Å². The molecule has 0 spiro atoms. The van der Waals surface area contributed by atoms with Gasteiger partial charge in [0.1, 0.15) is 46.7 Å². The van der Waals surface area contributed by atoms with Gasteiger partial charge in [0.25, 0.3) is 0 Å². The minimum absolute atomic E-state index is 0.00467. The van der Waals surface area contributed by atoms with Crippen LogP contribution in [0.2, 0.25) is 0 Å². The predicted molar refractivity (Wildman–Crippen MR) is 144 cm³/mol. The lowest BCUT2D eigenvalue weighted by molar-refractivity contribution is -0.288. The Hall–Kier alpha value is -5.11. The molecule has 2 N–H and O–H groups in total. The molecule has 0 amide bonds. The average Bonchev–Trinajstić information content (AvgIpc) is 2.90. The lowest BCUT2D eigenvalue weighted by atomic mass is 9.98. The van der Waals surface area contributed by atoms with Crippen molar-refractivity contribution in [2.75, 3.05) is 6.61 Å². The van der Waals surface area contributed by atoms with Crippen molar-refractivity contribution in [1.29, 1.82) is 0 Å². The van der Waals surface area contributed by atoms with Crippen molar-refractivity contribution in [3.05, 3.63) is 52.7 Å². The zero-order valence-corrected chi connectivity index (χ0v) is 23.4. The van der Waals surface area contributed by atoms with Gasteiger partial charge < -0.3 is 43.1 Å². The molecule has 0 saturated carbocycles. The van der Waals surface area contributed by atoms with Crippen LogP contribution in [0.4, 0.5) is 0 Å². The highest BCUT2D eigenvalue weighted by molar-refractivity contribution is 5.86. The lowest BCUT2D eigenvalue weighted by Crippen LogP contribution is -2.63. The molecule has 0 aliphatic carbocycles. The molecule has 0 radical (unpaired) electrons. The molecule has 2 aromatic carbocycles. The van der Waals surface area contributed by atoms with Crippen molar-refractivity contribution < 1.29 is 62.2 Å². The Morgan fingerprint density at radius 3 is 2.00 bits per heavy atom. The Bertz CT molecular complexity index is 1590. The van der Waals surface area contributed by atoms with Crippen LogP contribution in [0, 0.1) is 0 Å². The van der Waals surface area contributed by atoms with E-state index in [1.165, 1.54) is 36.4 Å². The van der Waals surface area contributed by atoms with Gasteiger partial charge in [-0.15, -0.1) is 0 Å². The Kier molecular flexibility index (Phi) is 9.19. The Morgan fingerprint density at radius 2 is 1.40 bits per heavy atom. The second kappa shape index (κ2) is 12.8. The molecule has 4 rings (SSSR count). The molecule has 1 fully saturated rings. The summed E-state index contributed by atoms with van der Waals surface area (Å²) >= 11 is 0. The largest absolute Gasteiger partial charge is 0.508 e.